The molecule has 2 amide bonds. The van der Waals surface area contributed by atoms with E-state index in [1.54, 1.807) is 7.05 Å². The summed E-state index contributed by atoms with van der Waals surface area (Å²) in [5.74, 6) is -0.792. The molecule has 1 aliphatic heterocycles. The van der Waals surface area contributed by atoms with Crippen molar-refractivity contribution in [3.63, 3.8) is 0 Å². The van der Waals surface area contributed by atoms with Gasteiger partial charge in [-0.2, -0.15) is 5.10 Å². The van der Waals surface area contributed by atoms with Gasteiger partial charge in [0.1, 0.15) is 5.69 Å². The van der Waals surface area contributed by atoms with Gasteiger partial charge < -0.3 is 10.6 Å². The molecule has 1 aromatic heterocycles. The number of nitrogens with one attached hydrogen (secondary N) is 2. The van der Waals surface area contributed by atoms with Crippen LogP contribution < -0.4 is 10.6 Å². The topological polar surface area (TPSA) is 113 Å². The maximum atomic E-state index is 12.5. The predicted molar refractivity (Wildman–Crippen MR) is 93.6 cm³/mol. The molecule has 2 rings (SSSR count). The summed E-state index contributed by atoms with van der Waals surface area (Å²) in [5, 5.41) is 9.57. The van der Waals surface area contributed by atoms with Crippen LogP contribution in [-0.4, -0.2) is 60.2 Å². The zero-order chi connectivity index (χ0) is 18.6. The van der Waals surface area contributed by atoms with Gasteiger partial charge in [0.2, 0.25) is 15.9 Å². The first-order chi connectivity index (χ1) is 11.7. The quantitative estimate of drug-likeness (QED) is 0.740. The molecule has 10 heteroatoms. The van der Waals surface area contributed by atoms with Crippen LogP contribution in [0.1, 0.15) is 36.7 Å². The van der Waals surface area contributed by atoms with Gasteiger partial charge in [-0.3, -0.25) is 14.3 Å². The zero-order valence-corrected chi connectivity index (χ0v) is 15.6. The smallest absolute Gasteiger partial charge is 0.271 e. The van der Waals surface area contributed by atoms with E-state index in [0.717, 1.165) is 6.42 Å². The summed E-state index contributed by atoms with van der Waals surface area (Å²) in [7, 11) is -1.58. The molecule has 0 aliphatic carbocycles. The summed E-state index contributed by atoms with van der Waals surface area (Å²) < 4.78 is 25.9. The number of hydrogen-bond acceptors (Lipinski definition) is 5. The normalized spacial score (nSPS) is 16.6. The standard InChI is InChI=1S/C15H25N5O4S/c1-4-7-16-15(22)13-12(10-17-19(13)2)18-14(21)11-5-8-20(9-6-11)25(3,23)24/h10-11H,4-9H2,1-3H3,(H,16,22)(H,18,21). The second-order valence-electron chi connectivity index (χ2n) is 6.21. The van der Waals surface area contributed by atoms with E-state index in [1.165, 1.54) is 21.4 Å². The summed E-state index contributed by atoms with van der Waals surface area (Å²) in [5.41, 5.74) is 0.669. The fraction of sp³-hybridized carbons (Fsp3) is 0.667. The Kier molecular flexibility index (Phi) is 6.17. The van der Waals surface area contributed by atoms with Gasteiger partial charge in [0.05, 0.1) is 18.1 Å². The third-order valence-electron chi connectivity index (χ3n) is 4.24. The lowest BCUT2D eigenvalue weighted by atomic mass is 9.97. The molecule has 0 unspecified atom stereocenters. The molecule has 0 radical (unpaired) electrons. The van der Waals surface area contributed by atoms with E-state index in [9.17, 15) is 18.0 Å². The van der Waals surface area contributed by atoms with Crippen LogP contribution in [0.2, 0.25) is 0 Å². The second kappa shape index (κ2) is 7.96. The van der Waals surface area contributed by atoms with Gasteiger partial charge >= 0.3 is 0 Å². The number of aryl methyl sites for hydroxylation is 1. The summed E-state index contributed by atoms with van der Waals surface area (Å²) in [6.07, 6.45) is 4.34. The number of carbonyl (C=O) groups is 2. The third kappa shape index (κ3) is 4.79. The van der Waals surface area contributed by atoms with Crippen molar-refractivity contribution in [2.24, 2.45) is 13.0 Å². The molecule has 0 atom stereocenters. The number of piperidine rings is 1. The van der Waals surface area contributed by atoms with Crippen molar-refractivity contribution in [1.82, 2.24) is 19.4 Å². The molecule has 1 saturated heterocycles. The molecule has 0 spiro atoms. The summed E-state index contributed by atoms with van der Waals surface area (Å²) in [4.78, 5) is 24.7. The van der Waals surface area contributed by atoms with Gasteiger partial charge in [-0.15, -0.1) is 0 Å². The fourth-order valence-electron chi connectivity index (χ4n) is 2.80. The van der Waals surface area contributed by atoms with E-state index in [0.29, 0.717) is 43.9 Å². The van der Waals surface area contributed by atoms with Gasteiger partial charge in [-0.25, -0.2) is 12.7 Å². The minimum absolute atomic E-state index is 0.217. The molecule has 9 nitrogen and oxygen atoms in total. The molecule has 0 saturated carbocycles. The molecule has 2 N–H and O–H groups in total. The number of nitrogens with zero attached hydrogens (tertiary/aromatic N) is 3. The highest BCUT2D eigenvalue weighted by atomic mass is 32.2. The monoisotopic (exact) mass is 371 g/mol. The first-order valence-corrected chi connectivity index (χ1v) is 10.1. The van der Waals surface area contributed by atoms with Crippen LogP contribution in [-0.2, 0) is 21.9 Å². The Hall–Kier alpha value is -1.94. The van der Waals surface area contributed by atoms with E-state index in [-0.39, 0.29) is 17.7 Å². The van der Waals surface area contributed by atoms with Crippen LogP contribution in [0.4, 0.5) is 5.69 Å². The van der Waals surface area contributed by atoms with Gasteiger partial charge in [0.25, 0.3) is 5.91 Å². The lowest BCUT2D eigenvalue weighted by Gasteiger charge is -2.29. The molecule has 1 fully saturated rings. The minimum Gasteiger partial charge on any atom is -0.351 e. The lowest BCUT2D eigenvalue weighted by Crippen LogP contribution is -2.41. The Bertz CT molecular complexity index is 735. The molecule has 140 valence electrons. The Morgan fingerprint density at radius 2 is 1.96 bits per heavy atom. The van der Waals surface area contributed by atoms with Crippen LogP contribution in [0, 0.1) is 5.92 Å². The zero-order valence-electron chi connectivity index (χ0n) is 14.8. The van der Waals surface area contributed by atoms with E-state index in [2.05, 4.69) is 15.7 Å². The van der Waals surface area contributed by atoms with Crippen LogP contribution >= 0.6 is 0 Å². The number of carbonyl (C=O) groups excluding carboxylic acids is 2. The Morgan fingerprint density at radius 3 is 2.52 bits per heavy atom. The average molecular weight is 371 g/mol. The summed E-state index contributed by atoms with van der Waals surface area (Å²) >= 11 is 0. The molecule has 25 heavy (non-hydrogen) atoms. The molecular formula is C15H25N5O4S. The number of aromatic nitrogens is 2. The minimum atomic E-state index is -3.22. The molecular weight excluding hydrogens is 346 g/mol. The van der Waals surface area contributed by atoms with E-state index in [4.69, 9.17) is 0 Å². The second-order valence-corrected chi connectivity index (χ2v) is 8.19. The van der Waals surface area contributed by atoms with Crippen LogP contribution in [0.15, 0.2) is 6.20 Å². The van der Waals surface area contributed by atoms with Crippen LogP contribution in [0.25, 0.3) is 0 Å². The third-order valence-corrected chi connectivity index (χ3v) is 5.54. The highest BCUT2D eigenvalue weighted by Gasteiger charge is 2.30. The van der Waals surface area contributed by atoms with E-state index < -0.39 is 10.0 Å². The van der Waals surface area contributed by atoms with Gasteiger partial charge in [-0.1, -0.05) is 6.92 Å². The molecule has 1 aromatic rings. The highest BCUT2D eigenvalue weighted by Crippen LogP contribution is 2.22. The molecule has 0 bridgehead atoms. The van der Waals surface area contributed by atoms with Crippen LogP contribution in [0.3, 0.4) is 0 Å². The maximum Gasteiger partial charge on any atom is 0.271 e. The number of rotatable bonds is 6. The van der Waals surface area contributed by atoms with Crippen molar-refractivity contribution < 1.29 is 18.0 Å². The largest absolute Gasteiger partial charge is 0.351 e. The first-order valence-electron chi connectivity index (χ1n) is 8.30. The van der Waals surface area contributed by atoms with Gasteiger partial charge in [-0.05, 0) is 19.3 Å². The van der Waals surface area contributed by atoms with Crippen molar-refractivity contribution in [2.75, 3.05) is 31.2 Å². The first kappa shape index (κ1) is 19.4. The molecule has 1 aliphatic rings. The fourth-order valence-corrected chi connectivity index (χ4v) is 3.68. The number of hydrogen-bond donors (Lipinski definition) is 2. The van der Waals surface area contributed by atoms with Crippen molar-refractivity contribution >= 4 is 27.5 Å². The summed E-state index contributed by atoms with van der Waals surface area (Å²) in [6.45, 7) is 3.15. The maximum absolute atomic E-state index is 12.5. The Labute approximate surface area is 147 Å². The summed E-state index contributed by atoms with van der Waals surface area (Å²) in [6, 6.07) is 0. The number of sulfonamides is 1. The van der Waals surface area contributed by atoms with Crippen molar-refractivity contribution in [2.45, 2.75) is 26.2 Å². The van der Waals surface area contributed by atoms with Crippen LogP contribution in [0.5, 0.6) is 0 Å². The Balaban J connectivity index is 2.01. The SMILES string of the molecule is CCCNC(=O)c1c(NC(=O)C2CCN(S(C)(=O)=O)CC2)cnn1C. The molecule has 2 heterocycles. The van der Waals surface area contributed by atoms with Gasteiger partial charge in [0, 0.05) is 32.6 Å². The molecule has 0 aromatic carbocycles. The van der Waals surface area contributed by atoms with Gasteiger partial charge in [0.15, 0.2) is 0 Å². The van der Waals surface area contributed by atoms with E-state index >= 15 is 0 Å². The predicted octanol–water partition coefficient (Wildman–Crippen LogP) is 0.170. The Morgan fingerprint density at radius 1 is 1.32 bits per heavy atom. The van der Waals surface area contributed by atoms with Crippen molar-refractivity contribution in [3.8, 4) is 0 Å². The number of amides is 2. The lowest BCUT2D eigenvalue weighted by molar-refractivity contribution is -0.120. The van der Waals surface area contributed by atoms with Crippen molar-refractivity contribution in [1.29, 1.82) is 0 Å². The average Bonchev–Trinajstić information content (AvgIpc) is 2.92. The number of anilines is 1. The van der Waals surface area contributed by atoms with E-state index in [1.807, 2.05) is 6.92 Å². The highest BCUT2D eigenvalue weighted by molar-refractivity contribution is 7.88. The van der Waals surface area contributed by atoms with Crippen molar-refractivity contribution in [3.05, 3.63) is 11.9 Å².